The largest absolute Gasteiger partial charge is 0.479 e. The maximum Gasteiger partial charge on any atom is 0.479 e. The Morgan fingerprint density at radius 3 is 2.59 bits per heavy atom. The summed E-state index contributed by atoms with van der Waals surface area (Å²) in [5.74, 6) is 0.0975. The number of thiazole rings is 1. The molecule has 4 rings (SSSR count). The van der Waals surface area contributed by atoms with Gasteiger partial charge in [0.05, 0.1) is 16.9 Å². The van der Waals surface area contributed by atoms with Crippen LogP contribution in [0.15, 0.2) is 60.2 Å². The Hall–Kier alpha value is -2.65. The monoisotopic (exact) mass is 405 g/mol. The fourth-order valence-corrected chi connectivity index (χ4v) is 3.45. The van der Waals surface area contributed by atoms with E-state index >= 15 is 0 Å². The molecule has 0 radical (unpaired) electrons. The number of hydrogen-bond acceptors (Lipinski definition) is 6. The van der Waals surface area contributed by atoms with Gasteiger partial charge in [-0.15, -0.1) is 11.3 Å². The average molecular weight is 405 g/mol. The molecular formula is C18H10F3N3OS2. The summed E-state index contributed by atoms with van der Waals surface area (Å²) in [6.07, 6.45) is 3.12. The van der Waals surface area contributed by atoms with Crippen molar-refractivity contribution in [3.8, 4) is 27.7 Å². The molecule has 3 aromatic heterocycles. The first kappa shape index (κ1) is 17.7. The Morgan fingerprint density at radius 2 is 1.81 bits per heavy atom. The van der Waals surface area contributed by atoms with Crippen molar-refractivity contribution in [2.75, 3.05) is 0 Å². The molecule has 4 aromatic rings. The second-order valence-electron chi connectivity index (χ2n) is 5.40. The molecule has 0 fully saturated rings. The van der Waals surface area contributed by atoms with E-state index in [1.165, 1.54) is 23.6 Å². The van der Waals surface area contributed by atoms with E-state index in [1.807, 2.05) is 29.6 Å². The second kappa shape index (κ2) is 7.16. The third-order valence-electron chi connectivity index (χ3n) is 3.62. The van der Waals surface area contributed by atoms with Crippen LogP contribution in [0.3, 0.4) is 0 Å². The van der Waals surface area contributed by atoms with E-state index in [4.69, 9.17) is 4.18 Å². The maximum absolute atomic E-state index is 12.5. The number of pyridine rings is 2. The zero-order valence-corrected chi connectivity index (χ0v) is 15.1. The van der Waals surface area contributed by atoms with Gasteiger partial charge in [0.15, 0.2) is 12.0 Å². The molecule has 0 atom stereocenters. The van der Waals surface area contributed by atoms with Crippen LogP contribution in [0.2, 0.25) is 0 Å². The molecule has 0 aliphatic carbocycles. The fourth-order valence-electron chi connectivity index (χ4n) is 2.51. The van der Waals surface area contributed by atoms with Crippen molar-refractivity contribution in [2.24, 2.45) is 0 Å². The van der Waals surface area contributed by atoms with E-state index in [2.05, 4.69) is 15.0 Å². The lowest BCUT2D eigenvalue weighted by Gasteiger charge is -2.10. The van der Waals surface area contributed by atoms with Gasteiger partial charge in [0, 0.05) is 34.8 Å². The molecule has 9 heteroatoms. The SMILES string of the molecule is FC(F)(F)SOc1ccnc2ccc(-c3cccc(-c4nccs4)n3)cc12. The van der Waals surface area contributed by atoms with E-state index < -0.39 is 17.6 Å². The van der Waals surface area contributed by atoms with Gasteiger partial charge in [-0.05, 0) is 24.3 Å². The smallest absolute Gasteiger partial charge is 0.416 e. The van der Waals surface area contributed by atoms with Gasteiger partial charge in [-0.25, -0.2) is 9.97 Å². The lowest BCUT2D eigenvalue weighted by molar-refractivity contribution is -0.0369. The normalized spacial score (nSPS) is 11.7. The Morgan fingerprint density at radius 1 is 0.963 bits per heavy atom. The molecule has 0 bridgehead atoms. The quantitative estimate of drug-likeness (QED) is 0.392. The van der Waals surface area contributed by atoms with Crippen LogP contribution in [0.1, 0.15) is 0 Å². The van der Waals surface area contributed by atoms with Crippen LogP contribution < -0.4 is 4.18 Å². The molecule has 0 saturated heterocycles. The Kier molecular flexibility index (Phi) is 4.71. The number of aromatic nitrogens is 3. The summed E-state index contributed by atoms with van der Waals surface area (Å²) in [6, 6.07) is 12.2. The Balaban J connectivity index is 1.74. The zero-order chi connectivity index (χ0) is 18.9. The van der Waals surface area contributed by atoms with E-state index in [9.17, 15) is 13.2 Å². The first-order chi connectivity index (χ1) is 13.0. The summed E-state index contributed by atoms with van der Waals surface area (Å²) >= 11 is 0.934. The van der Waals surface area contributed by atoms with Crippen molar-refractivity contribution in [2.45, 2.75) is 5.51 Å². The second-order valence-corrected chi connectivity index (χ2v) is 7.09. The highest BCUT2D eigenvalue weighted by Crippen LogP contribution is 2.36. The maximum atomic E-state index is 12.5. The van der Waals surface area contributed by atoms with Gasteiger partial charge in [0.1, 0.15) is 10.8 Å². The predicted molar refractivity (Wildman–Crippen MR) is 100 cm³/mol. The molecule has 3 heterocycles. The number of rotatable bonds is 4. The van der Waals surface area contributed by atoms with Crippen molar-refractivity contribution in [3.05, 3.63) is 60.2 Å². The molecule has 0 amide bonds. The summed E-state index contributed by atoms with van der Waals surface area (Å²) in [7, 11) is 0. The van der Waals surface area contributed by atoms with Gasteiger partial charge >= 0.3 is 5.51 Å². The molecule has 1 aromatic carbocycles. The van der Waals surface area contributed by atoms with Crippen LogP contribution >= 0.6 is 23.4 Å². The molecule has 136 valence electrons. The summed E-state index contributed by atoms with van der Waals surface area (Å²) < 4.78 is 42.3. The highest BCUT2D eigenvalue weighted by atomic mass is 32.2. The Bertz CT molecular complexity index is 1080. The molecule has 4 nitrogen and oxygen atoms in total. The number of benzene rings is 1. The molecule has 0 aliphatic heterocycles. The summed E-state index contributed by atoms with van der Waals surface area (Å²) in [5, 5.41) is 3.14. The van der Waals surface area contributed by atoms with Gasteiger partial charge < -0.3 is 4.18 Å². The van der Waals surface area contributed by atoms with Crippen LogP contribution in [0.5, 0.6) is 5.75 Å². The van der Waals surface area contributed by atoms with E-state index in [-0.39, 0.29) is 5.75 Å². The Labute approximate surface area is 160 Å². The van der Waals surface area contributed by atoms with Crippen LogP contribution in [-0.2, 0) is 0 Å². The van der Waals surface area contributed by atoms with E-state index in [0.717, 1.165) is 16.3 Å². The summed E-state index contributed by atoms with van der Waals surface area (Å²) in [4.78, 5) is 13.0. The van der Waals surface area contributed by atoms with Crippen molar-refractivity contribution >= 4 is 34.3 Å². The number of nitrogens with zero attached hydrogens (tertiary/aromatic N) is 3. The van der Waals surface area contributed by atoms with Crippen LogP contribution in [0.25, 0.3) is 32.9 Å². The van der Waals surface area contributed by atoms with Crippen LogP contribution in [0.4, 0.5) is 13.2 Å². The minimum absolute atomic E-state index is 0.0975. The van der Waals surface area contributed by atoms with Crippen molar-refractivity contribution < 1.29 is 17.4 Å². The number of fused-ring (bicyclic) bond motifs is 1. The number of hydrogen-bond donors (Lipinski definition) is 0. The lowest BCUT2D eigenvalue weighted by atomic mass is 10.1. The number of alkyl halides is 3. The van der Waals surface area contributed by atoms with Gasteiger partial charge in [-0.2, -0.15) is 13.2 Å². The van der Waals surface area contributed by atoms with Crippen molar-refractivity contribution in [1.82, 2.24) is 15.0 Å². The van der Waals surface area contributed by atoms with E-state index in [0.29, 0.717) is 16.6 Å². The topological polar surface area (TPSA) is 47.9 Å². The van der Waals surface area contributed by atoms with Crippen LogP contribution in [0, 0.1) is 0 Å². The van der Waals surface area contributed by atoms with Gasteiger partial charge in [0.2, 0.25) is 0 Å². The highest BCUT2D eigenvalue weighted by Gasteiger charge is 2.31. The predicted octanol–water partition coefficient (Wildman–Crippen LogP) is 5.97. The zero-order valence-electron chi connectivity index (χ0n) is 13.5. The van der Waals surface area contributed by atoms with Gasteiger partial charge in [-0.1, -0.05) is 12.1 Å². The third-order valence-corrected chi connectivity index (χ3v) is 4.87. The van der Waals surface area contributed by atoms with Crippen molar-refractivity contribution in [3.63, 3.8) is 0 Å². The van der Waals surface area contributed by atoms with Gasteiger partial charge in [0.25, 0.3) is 0 Å². The van der Waals surface area contributed by atoms with Crippen LogP contribution in [-0.4, -0.2) is 20.5 Å². The molecule has 0 spiro atoms. The third kappa shape index (κ3) is 4.04. The first-order valence-electron chi connectivity index (χ1n) is 7.68. The average Bonchev–Trinajstić information content (AvgIpc) is 3.20. The summed E-state index contributed by atoms with van der Waals surface area (Å²) in [5.41, 5.74) is -1.79. The molecule has 0 N–H and O–H groups in total. The first-order valence-corrected chi connectivity index (χ1v) is 9.30. The molecule has 27 heavy (non-hydrogen) atoms. The minimum atomic E-state index is -4.49. The lowest BCUT2D eigenvalue weighted by Crippen LogP contribution is -2.03. The van der Waals surface area contributed by atoms with Gasteiger partial charge in [-0.3, -0.25) is 4.98 Å². The summed E-state index contributed by atoms with van der Waals surface area (Å²) in [6.45, 7) is 0. The molecule has 0 saturated carbocycles. The molecule has 0 aliphatic rings. The molecular weight excluding hydrogens is 395 g/mol. The highest BCUT2D eigenvalue weighted by molar-refractivity contribution is 7.95. The number of halogens is 3. The minimum Gasteiger partial charge on any atom is -0.416 e. The van der Waals surface area contributed by atoms with Crippen molar-refractivity contribution in [1.29, 1.82) is 0 Å². The van der Waals surface area contributed by atoms with E-state index in [1.54, 1.807) is 18.3 Å². The molecule has 0 unspecified atom stereocenters. The fraction of sp³-hybridized carbons (Fsp3) is 0.0556. The standard InChI is InChI=1S/C18H10F3N3OS2/c19-18(20,21)27-25-16-6-7-22-14-5-4-11(10-12(14)16)13-2-1-3-15(24-13)17-23-8-9-26-17/h1-10H.